The molecule has 0 unspecified atom stereocenters. The van der Waals surface area contributed by atoms with Crippen molar-refractivity contribution in [3.8, 4) is 11.4 Å². The Morgan fingerprint density at radius 3 is 2.65 bits per heavy atom. The first-order valence-corrected chi connectivity index (χ1v) is 6.71. The van der Waals surface area contributed by atoms with Gasteiger partial charge in [-0.05, 0) is 32.4 Å². The van der Waals surface area contributed by atoms with E-state index in [0.29, 0.717) is 11.7 Å². The first-order chi connectivity index (χ1) is 9.65. The molecule has 0 amide bonds. The molecule has 0 aromatic carbocycles. The predicted molar refractivity (Wildman–Crippen MR) is 73.2 cm³/mol. The summed E-state index contributed by atoms with van der Waals surface area (Å²) in [4.78, 5) is 8.84. The number of nitrogens with one attached hydrogen (secondary N) is 1. The van der Waals surface area contributed by atoms with Crippen LogP contribution in [0.3, 0.4) is 0 Å². The summed E-state index contributed by atoms with van der Waals surface area (Å²) in [6.07, 6.45) is 1.06. The first kappa shape index (κ1) is 13.2. The molecule has 106 valence electrons. The fourth-order valence-electron chi connectivity index (χ4n) is 2.53. The third-order valence-electron chi connectivity index (χ3n) is 3.50. The Balaban J connectivity index is 1.83. The molecule has 0 spiro atoms. The minimum absolute atomic E-state index is 0.0743. The van der Waals surface area contributed by atoms with Crippen LogP contribution >= 0.6 is 0 Å². The highest BCUT2D eigenvalue weighted by Crippen LogP contribution is 2.26. The van der Waals surface area contributed by atoms with Crippen LogP contribution in [0.15, 0.2) is 16.7 Å². The van der Waals surface area contributed by atoms with E-state index in [1.165, 1.54) is 0 Å². The zero-order valence-corrected chi connectivity index (χ0v) is 11.9. The molecule has 2 aromatic rings. The zero-order chi connectivity index (χ0) is 14.1. The number of rotatable bonds is 3. The van der Waals surface area contributed by atoms with E-state index >= 15 is 0 Å². The molecule has 3 heterocycles. The van der Waals surface area contributed by atoms with Crippen molar-refractivity contribution in [1.29, 1.82) is 0 Å². The van der Waals surface area contributed by atoms with E-state index in [1.54, 1.807) is 7.11 Å². The molecule has 6 heteroatoms. The van der Waals surface area contributed by atoms with E-state index < -0.39 is 0 Å². The van der Waals surface area contributed by atoms with Crippen LogP contribution in [-0.2, 0) is 4.74 Å². The molecular formula is C14H18N4O2. The molecule has 6 nitrogen and oxygen atoms in total. The number of aromatic nitrogens is 3. The van der Waals surface area contributed by atoms with Crippen molar-refractivity contribution in [3.63, 3.8) is 0 Å². The van der Waals surface area contributed by atoms with Crippen molar-refractivity contribution >= 4 is 0 Å². The van der Waals surface area contributed by atoms with Crippen molar-refractivity contribution in [2.24, 2.45) is 0 Å². The lowest BCUT2D eigenvalue weighted by Gasteiger charge is -2.04. The number of nitrogens with zero attached hydrogens (tertiary/aromatic N) is 3. The van der Waals surface area contributed by atoms with Gasteiger partial charge in [0.15, 0.2) is 0 Å². The molecule has 2 aromatic heterocycles. The fraction of sp³-hybridized carbons (Fsp3) is 0.500. The largest absolute Gasteiger partial charge is 0.380 e. The van der Waals surface area contributed by atoms with Gasteiger partial charge in [0.05, 0.1) is 12.1 Å². The molecule has 0 saturated carbocycles. The average Bonchev–Trinajstić information content (AvgIpc) is 3.06. The first-order valence-electron chi connectivity index (χ1n) is 6.71. The van der Waals surface area contributed by atoms with E-state index in [2.05, 4.69) is 20.4 Å². The number of aryl methyl sites for hydroxylation is 2. The topological polar surface area (TPSA) is 73.1 Å². The summed E-state index contributed by atoms with van der Waals surface area (Å²) in [6.45, 7) is 4.73. The second-order valence-electron chi connectivity index (χ2n) is 5.15. The van der Waals surface area contributed by atoms with Crippen molar-refractivity contribution in [2.75, 3.05) is 13.7 Å². The Labute approximate surface area is 117 Å². The van der Waals surface area contributed by atoms with Gasteiger partial charge in [0.2, 0.25) is 11.7 Å². The second-order valence-corrected chi connectivity index (χ2v) is 5.15. The fourth-order valence-corrected chi connectivity index (χ4v) is 2.53. The van der Waals surface area contributed by atoms with Crippen LogP contribution in [0.5, 0.6) is 0 Å². The molecule has 2 atom stereocenters. The van der Waals surface area contributed by atoms with Gasteiger partial charge in [-0.25, -0.2) is 0 Å². The minimum atomic E-state index is 0.0743. The standard InChI is InChI=1S/C14H18N4O2/c1-8-4-10(5-9(2)16-8)13-17-14(20-18-13)12-6-11(19-3)7-15-12/h4-5,11-12,15H,6-7H2,1-3H3/t11-,12+/m0/s1. The van der Waals surface area contributed by atoms with Crippen molar-refractivity contribution in [2.45, 2.75) is 32.4 Å². The molecule has 0 bridgehead atoms. The maximum Gasteiger partial charge on any atom is 0.244 e. The molecule has 0 radical (unpaired) electrons. The molecule has 3 rings (SSSR count). The Morgan fingerprint density at radius 1 is 1.25 bits per heavy atom. The van der Waals surface area contributed by atoms with E-state index in [4.69, 9.17) is 9.26 Å². The van der Waals surface area contributed by atoms with Crippen LogP contribution in [0.1, 0.15) is 29.7 Å². The normalized spacial score (nSPS) is 22.4. The van der Waals surface area contributed by atoms with Gasteiger partial charge >= 0.3 is 0 Å². The Morgan fingerprint density at radius 2 is 2.00 bits per heavy atom. The number of methoxy groups -OCH3 is 1. The maximum atomic E-state index is 5.38. The van der Waals surface area contributed by atoms with E-state index in [9.17, 15) is 0 Å². The quantitative estimate of drug-likeness (QED) is 0.920. The van der Waals surface area contributed by atoms with Gasteiger partial charge in [0.1, 0.15) is 0 Å². The summed E-state index contributed by atoms with van der Waals surface area (Å²) in [7, 11) is 1.72. The lowest BCUT2D eigenvalue weighted by molar-refractivity contribution is 0.116. The molecule has 1 fully saturated rings. The Hall–Kier alpha value is -1.79. The summed E-state index contributed by atoms with van der Waals surface area (Å²) in [5.74, 6) is 1.22. The molecule has 1 aliphatic heterocycles. The van der Waals surface area contributed by atoms with Gasteiger partial charge in [0.25, 0.3) is 0 Å². The van der Waals surface area contributed by atoms with E-state index in [0.717, 1.165) is 29.9 Å². The number of hydrogen-bond donors (Lipinski definition) is 1. The Kier molecular flexibility index (Phi) is 3.50. The maximum absolute atomic E-state index is 5.38. The van der Waals surface area contributed by atoms with Crippen LogP contribution in [0.25, 0.3) is 11.4 Å². The van der Waals surface area contributed by atoms with E-state index in [1.807, 2.05) is 26.0 Å². The predicted octanol–water partition coefficient (Wildman–Crippen LogP) is 1.80. The van der Waals surface area contributed by atoms with Gasteiger partial charge in [-0.2, -0.15) is 4.98 Å². The van der Waals surface area contributed by atoms with Crippen molar-refractivity contribution in [3.05, 3.63) is 29.4 Å². The highest BCUT2D eigenvalue weighted by molar-refractivity contribution is 5.55. The summed E-state index contributed by atoms with van der Waals surface area (Å²) >= 11 is 0. The second kappa shape index (κ2) is 5.30. The van der Waals surface area contributed by atoms with Crippen LogP contribution in [0.2, 0.25) is 0 Å². The summed E-state index contributed by atoms with van der Waals surface area (Å²) in [5, 5.41) is 7.40. The molecule has 0 aliphatic carbocycles. The lowest BCUT2D eigenvalue weighted by atomic mass is 10.2. The SMILES string of the molecule is CO[C@@H]1CN[C@@H](c2nc(-c3cc(C)nc(C)c3)no2)C1. The third kappa shape index (κ3) is 2.57. The lowest BCUT2D eigenvalue weighted by Crippen LogP contribution is -2.16. The molecule has 1 aliphatic rings. The molecule has 1 saturated heterocycles. The summed E-state index contributed by atoms with van der Waals surface area (Å²) in [6, 6.07) is 3.99. The van der Waals surface area contributed by atoms with Gasteiger partial charge < -0.3 is 14.6 Å². The van der Waals surface area contributed by atoms with Crippen LogP contribution < -0.4 is 5.32 Å². The van der Waals surface area contributed by atoms with Gasteiger partial charge in [-0.15, -0.1) is 0 Å². The number of hydrogen-bond acceptors (Lipinski definition) is 6. The van der Waals surface area contributed by atoms with Crippen molar-refractivity contribution < 1.29 is 9.26 Å². The number of pyridine rings is 1. The van der Waals surface area contributed by atoms with Crippen LogP contribution in [0.4, 0.5) is 0 Å². The van der Waals surface area contributed by atoms with Gasteiger partial charge in [0, 0.05) is 30.6 Å². The molecule has 20 heavy (non-hydrogen) atoms. The van der Waals surface area contributed by atoms with Gasteiger partial charge in [-0.3, -0.25) is 4.98 Å². The van der Waals surface area contributed by atoms with Crippen LogP contribution in [-0.4, -0.2) is 34.9 Å². The van der Waals surface area contributed by atoms with E-state index in [-0.39, 0.29) is 12.1 Å². The molecule has 1 N–H and O–H groups in total. The number of ether oxygens (including phenoxy) is 1. The highest BCUT2D eigenvalue weighted by atomic mass is 16.5. The minimum Gasteiger partial charge on any atom is -0.380 e. The van der Waals surface area contributed by atoms with Crippen molar-refractivity contribution in [1.82, 2.24) is 20.4 Å². The van der Waals surface area contributed by atoms with Crippen LogP contribution in [0, 0.1) is 13.8 Å². The summed E-state index contributed by atoms with van der Waals surface area (Å²) in [5.41, 5.74) is 2.83. The summed E-state index contributed by atoms with van der Waals surface area (Å²) < 4.78 is 10.7. The smallest absolute Gasteiger partial charge is 0.244 e. The zero-order valence-electron chi connectivity index (χ0n) is 11.9. The Bertz CT molecular complexity index is 591. The average molecular weight is 274 g/mol. The third-order valence-corrected chi connectivity index (χ3v) is 3.50. The van der Waals surface area contributed by atoms with Gasteiger partial charge in [-0.1, -0.05) is 5.16 Å². The molecular weight excluding hydrogens is 256 g/mol. The highest BCUT2D eigenvalue weighted by Gasteiger charge is 2.29. The monoisotopic (exact) mass is 274 g/mol.